The second-order valence-electron chi connectivity index (χ2n) is 9.78. The van der Waals surface area contributed by atoms with E-state index >= 15 is 0 Å². The molecule has 192 valence electrons. The monoisotopic (exact) mass is 511 g/mol. The van der Waals surface area contributed by atoms with Crippen LogP contribution in [-0.2, 0) is 0 Å². The standard InChI is InChI=1S/C32H40N4P/c1-25-17-9-13-21-29(25)33(5)37(34(6)30-22-14-10-18-26(30)2,35(7)31-23-15-11-19-27(31)3)36(8)32-24-16-12-20-28(32)4/h9-24H,1-8H3/q+1. The highest BCUT2D eigenvalue weighted by molar-refractivity contribution is 7.81. The summed E-state index contributed by atoms with van der Waals surface area (Å²) < 4.78 is 10.1. The Morgan fingerprint density at radius 3 is 0.730 bits per heavy atom. The highest BCUT2D eigenvalue weighted by Crippen LogP contribution is 2.72. The second kappa shape index (κ2) is 10.9. The van der Waals surface area contributed by atoms with Crippen molar-refractivity contribution in [2.45, 2.75) is 27.7 Å². The molecule has 0 radical (unpaired) electrons. The molecule has 0 atom stereocenters. The Morgan fingerprint density at radius 1 is 0.351 bits per heavy atom. The SMILES string of the molecule is Cc1ccccc1N(C)[P+](N(C)c1ccccc1C)(N(C)c1ccccc1C)N(C)c1ccccc1C. The Kier molecular flexibility index (Phi) is 7.80. The molecule has 4 aromatic carbocycles. The van der Waals surface area contributed by atoms with Gasteiger partial charge in [0, 0.05) is 28.2 Å². The lowest BCUT2D eigenvalue weighted by atomic mass is 10.2. The van der Waals surface area contributed by atoms with Crippen LogP contribution in [0.25, 0.3) is 0 Å². The molecule has 4 nitrogen and oxygen atoms in total. The first-order chi connectivity index (χ1) is 17.7. The van der Waals surface area contributed by atoms with Gasteiger partial charge >= 0.3 is 7.87 Å². The summed E-state index contributed by atoms with van der Waals surface area (Å²) in [5.74, 6) is 0. The zero-order valence-corrected chi connectivity index (χ0v) is 24.4. The van der Waals surface area contributed by atoms with Crippen LogP contribution in [0.2, 0.25) is 0 Å². The lowest BCUT2D eigenvalue weighted by Gasteiger charge is -2.50. The van der Waals surface area contributed by atoms with Gasteiger partial charge in [-0.3, -0.25) is 0 Å². The average molecular weight is 512 g/mol. The fourth-order valence-corrected chi connectivity index (χ4v) is 9.96. The first-order valence-electron chi connectivity index (χ1n) is 12.8. The number of nitrogens with zero attached hydrogens (tertiary/aromatic N) is 4. The second-order valence-corrected chi connectivity index (χ2v) is 13.3. The van der Waals surface area contributed by atoms with Gasteiger partial charge in [0.15, 0.2) is 0 Å². The van der Waals surface area contributed by atoms with E-state index in [2.05, 4.69) is 172 Å². The fraction of sp³-hybridized carbons (Fsp3) is 0.250. The summed E-state index contributed by atoms with van der Waals surface area (Å²) in [6.07, 6.45) is 0. The molecular formula is C32H40N4P+. The minimum absolute atomic E-state index is 1.22. The Bertz CT molecular complexity index is 1160. The predicted molar refractivity (Wildman–Crippen MR) is 165 cm³/mol. The van der Waals surface area contributed by atoms with Gasteiger partial charge in [-0.25, -0.2) is 0 Å². The van der Waals surface area contributed by atoms with E-state index in [0.717, 1.165) is 0 Å². The van der Waals surface area contributed by atoms with Crippen LogP contribution in [0, 0.1) is 27.7 Å². The summed E-state index contributed by atoms with van der Waals surface area (Å²) in [5.41, 5.74) is 9.89. The van der Waals surface area contributed by atoms with Crippen LogP contribution in [0.3, 0.4) is 0 Å². The third-order valence-electron chi connectivity index (χ3n) is 7.47. The molecule has 0 fully saturated rings. The lowest BCUT2D eigenvalue weighted by molar-refractivity contribution is 1.07. The van der Waals surface area contributed by atoms with Crippen molar-refractivity contribution in [3.8, 4) is 0 Å². The molecule has 0 spiro atoms. The molecule has 0 aliphatic heterocycles. The van der Waals surface area contributed by atoms with Crippen LogP contribution in [0.4, 0.5) is 22.7 Å². The number of benzene rings is 4. The van der Waals surface area contributed by atoms with Crippen molar-refractivity contribution in [2.75, 3.05) is 46.9 Å². The van der Waals surface area contributed by atoms with Crippen LogP contribution in [0.1, 0.15) is 22.3 Å². The van der Waals surface area contributed by atoms with Crippen molar-refractivity contribution in [1.29, 1.82) is 0 Å². The van der Waals surface area contributed by atoms with Gasteiger partial charge in [0.1, 0.15) is 0 Å². The number of para-hydroxylation sites is 4. The maximum Gasteiger partial charge on any atom is 0.404 e. The van der Waals surface area contributed by atoms with E-state index in [1.165, 1.54) is 45.0 Å². The van der Waals surface area contributed by atoms with Crippen molar-refractivity contribution in [3.05, 3.63) is 119 Å². The molecule has 0 aliphatic rings. The van der Waals surface area contributed by atoms with Gasteiger partial charge in [-0.1, -0.05) is 72.8 Å². The molecule has 0 saturated heterocycles. The van der Waals surface area contributed by atoms with Crippen LogP contribution in [0.15, 0.2) is 97.1 Å². The molecule has 0 aliphatic carbocycles. The van der Waals surface area contributed by atoms with Crippen molar-refractivity contribution in [2.24, 2.45) is 0 Å². The van der Waals surface area contributed by atoms with Crippen molar-refractivity contribution in [3.63, 3.8) is 0 Å². The van der Waals surface area contributed by atoms with E-state index in [4.69, 9.17) is 0 Å². The summed E-state index contributed by atoms with van der Waals surface area (Å²) in [7, 11) is 6.51. The van der Waals surface area contributed by atoms with Crippen molar-refractivity contribution in [1.82, 2.24) is 0 Å². The van der Waals surface area contributed by atoms with Gasteiger partial charge in [-0.2, -0.15) is 18.7 Å². The zero-order valence-electron chi connectivity index (χ0n) is 23.5. The van der Waals surface area contributed by atoms with Crippen LogP contribution < -0.4 is 18.7 Å². The normalized spacial score (nSPS) is 11.2. The fourth-order valence-electron chi connectivity index (χ4n) is 5.49. The molecule has 0 amide bonds. The number of rotatable bonds is 8. The Morgan fingerprint density at radius 2 is 0.541 bits per heavy atom. The molecule has 0 bridgehead atoms. The number of hydrogen-bond donors (Lipinski definition) is 0. The largest absolute Gasteiger partial charge is 0.404 e. The first-order valence-corrected chi connectivity index (χ1v) is 14.4. The quantitative estimate of drug-likeness (QED) is 0.220. The summed E-state index contributed by atoms with van der Waals surface area (Å²) in [5, 5.41) is 0. The zero-order chi connectivity index (χ0) is 26.7. The Hall–Kier alpha value is -3.49. The van der Waals surface area contributed by atoms with E-state index in [9.17, 15) is 0 Å². The number of aryl methyl sites for hydroxylation is 4. The maximum atomic E-state index is 2.52. The molecule has 37 heavy (non-hydrogen) atoms. The Balaban J connectivity index is 2.10. The lowest BCUT2D eigenvalue weighted by Crippen LogP contribution is -2.50. The average Bonchev–Trinajstić information content (AvgIpc) is 2.89. The molecule has 0 unspecified atom stereocenters. The molecular weight excluding hydrogens is 471 g/mol. The Labute approximate surface area is 224 Å². The minimum Gasteiger partial charge on any atom is -0.192 e. The molecule has 5 heteroatoms. The van der Waals surface area contributed by atoms with Gasteiger partial charge in [-0.15, -0.1) is 0 Å². The molecule has 0 N–H and O–H groups in total. The number of anilines is 4. The van der Waals surface area contributed by atoms with Gasteiger partial charge in [0.25, 0.3) is 0 Å². The van der Waals surface area contributed by atoms with Crippen molar-refractivity contribution < 1.29 is 0 Å². The van der Waals surface area contributed by atoms with Gasteiger partial charge in [-0.05, 0) is 74.2 Å². The van der Waals surface area contributed by atoms with Crippen LogP contribution in [-0.4, -0.2) is 28.2 Å². The first kappa shape index (κ1) is 26.6. The smallest absolute Gasteiger partial charge is 0.192 e. The van der Waals surface area contributed by atoms with E-state index in [1.54, 1.807) is 0 Å². The van der Waals surface area contributed by atoms with Gasteiger partial charge in [0.2, 0.25) is 0 Å². The van der Waals surface area contributed by atoms with E-state index in [1.807, 2.05) is 0 Å². The van der Waals surface area contributed by atoms with Crippen LogP contribution in [0.5, 0.6) is 0 Å². The maximum absolute atomic E-state index is 2.52. The van der Waals surface area contributed by atoms with E-state index in [-0.39, 0.29) is 0 Å². The highest BCUT2D eigenvalue weighted by atomic mass is 31.2. The molecule has 0 heterocycles. The number of hydrogen-bond acceptors (Lipinski definition) is 4. The topological polar surface area (TPSA) is 13.0 Å². The van der Waals surface area contributed by atoms with Gasteiger partial charge < -0.3 is 0 Å². The minimum atomic E-state index is -2.52. The molecule has 4 rings (SSSR count). The third-order valence-corrected chi connectivity index (χ3v) is 11.5. The summed E-state index contributed by atoms with van der Waals surface area (Å²) in [4.78, 5) is 0. The molecule has 0 saturated carbocycles. The van der Waals surface area contributed by atoms with Gasteiger partial charge in [0.05, 0.1) is 22.7 Å². The van der Waals surface area contributed by atoms with Crippen LogP contribution >= 0.6 is 7.87 Å². The van der Waals surface area contributed by atoms with Crippen molar-refractivity contribution >= 4 is 30.6 Å². The summed E-state index contributed by atoms with van der Waals surface area (Å²) >= 11 is 0. The van der Waals surface area contributed by atoms with E-state index in [0.29, 0.717) is 0 Å². The summed E-state index contributed by atoms with van der Waals surface area (Å²) in [6, 6.07) is 34.8. The van der Waals surface area contributed by atoms with E-state index < -0.39 is 7.87 Å². The molecule has 0 aromatic heterocycles. The predicted octanol–water partition coefficient (Wildman–Crippen LogP) is 8.44. The third kappa shape index (κ3) is 4.67. The molecule has 4 aromatic rings. The highest BCUT2D eigenvalue weighted by Gasteiger charge is 2.59. The summed E-state index contributed by atoms with van der Waals surface area (Å²) in [6.45, 7) is 8.82.